The van der Waals surface area contributed by atoms with Crippen LogP contribution < -0.4 is 21.3 Å². The van der Waals surface area contributed by atoms with Crippen molar-refractivity contribution < 1.29 is 0 Å². The minimum atomic E-state index is 0.105. The van der Waals surface area contributed by atoms with E-state index in [9.17, 15) is 0 Å². The Morgan fingerprint density at radius 1 is 0.480 bits per heavy atom. The molecular weight excluding hydrogens is 605 g/mol. The van der Waals surface area contributed by atoms with Gasteiger partial charge in [-0.25, -0.2) is 4.98 Å². The van der Waals surface area contributed by atoms with Crippen molar-refractivity contribution in [2.45, 2.75) is 41.5 Å². The molecule has 1 aromatic heterocycles. The molecule has 50 heavy (non-hydrogen) atoms. The van der Waals surface area contributed by atoms with Gasteiger partial charge in [0.25, 0.3) is 0 Å². The second-order valence-corrected chi connectivity index (χ2v) is 13.5. The fourth-order valence-corrected chi connectivity index (χ4v) is 7.82. The number of nitrogens with zero attached hydrogens (tertiary/aromatic N) is 3. The van der Waals surface area contributed by atoms with Crippen LogP contribution in [0.25, 0.3) is 22.3 Å². The summed E-state index contributed by atoms with van der Waals surface area (Å²) in [4.78, 5) is 11.4. The molecule has 0 atom stereocenters. The molecule has 0 aliphatic rings. The van der Waals surface area contributed by atoms with Crippen LogP contribution in [0.2, 0.25) is 0 Å². The second kappa shape index (κ2) is 14.0. The van der Waals surface area contributed by atoms with Gasteiger partial charge in [-0.1, -0.05) is 153 Å². The van der Waals surface area contributed by atoms with Crippen LogP contribution in [0.1, 0.15) is 33.4 Å². The Balaban J connectivity index is 1.35. The van der Waals surface area contributed by atoms with Crippen LogP contribution in [-0.4, -0.2) is 16.7 Å². The van der Waals surface area contributed by atoms with E-state index >= 15 is 0 Å². The molecule has 4 heteroatoms. The summed E-state index contributed by atoms with van der Waals surface area (Å²) in [5.41, 5.74) is 18.7. The van der Waals surface area contributed by atoms with Gasteiger partial charge < -0.3 is 0 Å². The number of rotatable bonds is 8. The summed E-state index contributed by atoms with van der Waals surface area (Å²) in [7, 11) is 0. The normalized spacial score (nSPS) is 11.0. The van der Waals surface area contributed by atoms with Crippen molar-refractivity contribution in [2.24, 2.45) is 0 Å². The van der Waals surface area contributed by atoms with E-state index in [1.54, 1.807) is 12.4 Å². The summed E-state index contributed by atoms with van der Waals surface area (Å²) >= 11 is 0. The Labute approximate surface area is 297 Å². The van der Waals surface area contributed by atoms with Gasteiger partial charge in [0.15, 0.2) is 5.82 Å². The van der Waals surface area contributed by atoms with Crippen LogP contribution in [-0.2, 0) is 0 Å². The summed E-state index contributed by atoms with van der Waals surface area (Å²) in [5.74, 6) is 0.765. The maximum Gasteiger partial charge on any atom is 0.242 e. The van der Waals surface area contributed by atoms with Gasteiger partial charge >= 0.3 is 0 Å². The summed E-state index contributed by atoms with van der Waals surface area (Å²) in [6.07, 6.45) is 5.31. The number of hydrogen-bond acceptors (Lipinski definition) is 3. The molecule has 3 nitrogen and oxygen atoms in total. The van der Waals surface area contributed by atoms with E-state index in [1.165, 1.54) is 66.5 Å². The monoisotopic (exact) mass is 647 g/mol. The number of aryl methyl sites for hydroxylation is 6. The first-order valence-electron chi connectivity index (χ1n) is 17.3. The Morgan fingerprint density at radius 3 is 1.58 bits per heavy atom. The predicted octanol–water partition coefficient (Wildman–Crippen LogP) is 9.65. The van der Waals surface area contributed by atoms with E-state index in [4.69, 9.17) is 4.98 Å². The van der Waals surface area contributed by atoms with Gasteiger partial charge in [0.2, 0.25) is 6.71 Å². The largest absolute Gasteiger partial charge is 0.294 e. The van der Waals surface area contributed by atoms with Crippen LogP contribution in [0, 0.1) is 41.5 Å². The average Bonchev–Trinajstić information content (AvgIpc) is 3.12. The third kappa shape index (κ3) is 6.49. The van der Waals surface area contributed by atoms with E-state index in [-0.39, 0.29) is 6.71 Å². The lowest BCUT2D eigenvalue weighted by Gasteiger charge is -2.27. The molecule has 0 fully saturated rings. The van der Waals surface area contributed by atoms with E-state index in [1.807, 2.05) is 6.20 Å². The Bertz CT molecular complexity index is 2170. The van der Waals surface area contributed by atoms with Gasteiger partial charge in [-0.05, 0) is 88.1 Å². The van der Waals surface area contributed by atoms with Gasteiger partial charge in [0.05, 0.1) is 6.20 Å². The van der Waals surface area contributed by atoms with E-state index in [2.05, 4.69) is 179 Å². The Morgan fingerprint density at radius 2 is 1.02 bits per heavy atom. The molecule has 0 unspecified atom stereocenters. The molecule has 6 aromatic carbocycles. The zero-order valence-electron chi connectivity index (χ0n) is 29.8. The highest BCUT2D eigenvalue weighted by Crippen LogP contribution is 2.37. The van der Waals surface area contributed by atoms with E-state index in [0.717, 1.165) is 22.8 Å². The second-order valence-electron chi connectivity index (χ2n) is 13.5. The topological polar surface area (TPSA) is 29.0 Å². The van der Waals surface area contributed by atoms with Gasteiger partial charge in [-0.2, -0.15) is 0 Å². The smallest absolute Gasteiger partial charge is 0.242 e. The molecule has 1 heterocycles. The van der Waals surface area contributed by atoms with E-state index in [0.29, 0.717) is 0 Å². The Hall–Kier alpha value is -5.74. The lowest BCUT2D eigenvalue weighted by molar-refractivity contribution is 1.12. The fraction of sp³-hybridized carbons (Fsp3) is 0.130. The van der Waals surface area contributed by atoms with Crippen molar-refractivity contribution in [1.82, 2.24) is 9.97 Å². The summed E-state index contributed by atoms with van der Waals surface area (Å²) in [6, 6.07) is 46.3. The lowest BCUT2D eigenvalue weighted by atomic mass is 9.34. The van der Waals surface area contributed by atoms with Crippen molar-refractivity contribution in [3.05, 3.63) is 179 Å². The van der Waals surface area contributed by atoms with Crippen LogP contribution >= 0.6 is 0 Å². The third-order valence-corrected chi connectivity index (χ3v) is 9.74. The van der Waals surface area contributed by atoms with Crippen LogP contribution in [0.4, 0.5) is 17.2 Å². The number of hydrogen-bond donors (Lipinski definition) is 0. The molecule has 7 rings (SSSR count). The molecule has 0 spiro atoms. The maximum atomic E-state index is 4.78. The van der Waals surface area contributed by atoms with Crippen LogP contribution in [0.5, 0.6) is 0 Å². The molecule has 0 aliphatic carbocycles. The number of benzene rings is 6. The van der Waals surface area contributed by atoms with Gasteiger partial charge in [-0.15, -0.1) is 0 Å². The van der Waals surface area contributed by atoms with Gasteiger partial charge in [0, 0.05) is 23.8 Å². The number of aromatic nitrogens is 2. The molecule has 0 bridgehead atoms. The van der Waals surface area contributed by atoms with Gasteiger partial charge in [-0.3, -0.25) is 9.88 Å². The molecule has 0 aliphatic heterocycles. The van der Waals surface area contributed by atoms with Crippen molar-refractivity contribution in [1.29, 1.82) is 0 Å². The average molecular weight is 648 g/mol. The molecule has 0 saturated heterocycles. The SMILES string of the molecule is Cc1cc(C)c(B(c2ccc(N(c3cccc(-c4ccccc4-c4ccccc4)c3)c3cnccn3)cc2)c2c(C)cc(C)cc2C)c(C)c1. The minimum Gasteiger partial charge on any atom is -0.294 e. The zero-order valence-corrected chi connectivity index (χ0v) is 29.8. The number of anilines is 3. The highest BCUT2D eigenvalue weighted by molar-refractivity contribution is 6.96. The van der Waals surface area contributed by atoms with Crippen molar-refractivity contribution in [2.75, 3.05) is 4.90 Å². The zero-order chi connectivity index (χ0) is 34.8. The van der Waals surface area contributed by atoms with E-state index < -0.39 is 0 Å². The maximum absolute atomic E-state index is 4.78. The standard InChI is InChI=1S/C46H42BN3/c1-31-25-33(3)45(34(4)26-31)47(46-35(5)27-32(2)28-36(46)6)39-19-21-40(22-20-39)50(44-30-48-23-24-49-44)41-16-12-15-38(29-41)43-18-11-10-17-42(43)37-13-8-7-9-14-37/h7-30H,1-6H3. The minimum absolute atomic E-state index is 0.105. The van der Waals surface area contributed by atoms with Gasteiger partial charge in [0.1, 0.15) is 0 Å². The first-order valence-corrected chi connectivity index (χ1v) is 17.3. The Kier molecular flexibility index (Phi) is 9.19. The quantitative estimate of drug-likeness (QED) is 0.154. The lowest BCUT2D eigenvalue weighted by Crippen LogP contribution is -2.55. The van der Waals surface area contributed by atoms with Crippen molar-refractivity contribution in [3.63, 3.8) is 0 Å². The first-order chi connectivity index (χ1) is 24.3. The predicted molar refractivity (Wildman–Crippen MR) is 214 cm³/mol. The summed E-state index contributed by atoms with van der Waals surface area (Å²) < 4.78 is 0. The highest BCUT2D eigenvalue weighted by atomic mass is 15.2. The van der Waals surface area contributed by atoms with Crippen molar-refractivity contribution in [3.8, 4) is 22.3 Å². The summed E-state index contributed by atoms with van der Waals surface area (Å²) in [6.45, 7) is 13.5. The fourth-order valence-electron chi connectivity index (χ4n) is 7.82. The van der Waals surface area contributed by atoms with Crippen molar-refractivity contribution >= 4 is 40.3 Å². The van der Waals surface area contributed by atoms with Crippen LogP contribution in [0.3, 0.4) is 0 Å². The highest BCUT2D eigenvalue weighted by Gasteiger charge is 2.29. The molecular formula is C46H42BN3. The third-order valence-electron chi connectivity index (χ3n) is 9.74. The van der Waals surface area contributed by atoms with Crippen LogP contribution in [0.15, 0.2) is 146 Å². The molecule has 0 amide bonds. The molecule has 244 valence electrons. The molecule has 0 N–H and O–H groups in total. The molecule has 7 aromatic rings. The molecule has 0 saturated carbocycles. The summed E-state index contributed by atoms with van der Waals surface area (Å²) in [5, 5.41) is 0. The molecule has 0 radical (unpaired) electrons. The first kappa shape index (κ1) is 32.8.